The summed E-state index contributed by atoms with van der Waals surface area (Å²) in [6, 6.07) is 0. The van der Waals surface area contributed by atoms with Gasteiger partial charge < -0.3 is 0 Å². The van der Waals surface area contributed by atoms with E-state index in [0.717, 1.165) is 35.5 Å². The van der Waals surface area contributed by atoms with Gasteiger partial charge in [0, 0.05) is 0 Å². The SMILES string of the molecule is CCCCCCCC(CCCCC(C)CC)C(C)C(C)C(C)C(C)C. The molecule has 5 atom stereocenters. The Morgan fingerprint density at radius 2 is 1.04 bits per heavy atom. The molecular weight excluding hydrogens is 300 g/mol. The van der Waals surface area contributed by atoms with Crippen molar-refractivity contribution in [2.24, 2.45) is 35.5 Å². The average Bonchev–Trinajstić information content (AvgIpc) is 2.60. The minimum atomic E-state index is 0.813. The van der Waals surface area contributed by atoms with Gasteiger partial charge in [0.25, 0.3) is 0 Å². The van der Waals surface area contributed by atoms with Crippen LogP contribution in [-0.4, -0.2) is 0 Å². The topological polar surface area (TPSA) is 0 Å². The van der Waals surface area contributed by atoms with Gasteiger partial charge >= 0.3 is 0 Å². The van der Waals surface area contributed by atoms with E-state index in [1.54, 1.807) is 0 Å². The molecule has 0 saturated carbocycles. The Morgan fingerprint density at radius 1 is 0.520 bits per heavy atom. The number of hydrogen-bond donors (Lipinski definition) is 0. The first-order valence-electron chi connectivity index (χ1n) is 11.8. The van der Waals surface area contributed by atoms with Crippen LogP contribution >= 0.6 is 0 Å². The van der Waals surface area contributed by atoms with Gasteiger partial charge in [-0.25, -0.2) is 0 Å². The Morgan fingerprint density at radius 3 is 1.56 bits per heavy atom. The van der Waals surface area contributed by atoms with Crippen LogP contribution in [0.4, 0.5) is 0 Å². The van der Waals surface area contributed by atoms with Crippen LogP contribution in [-0.2, 0) is 0 Å². The first-order chi connectivity index (χ1) is 11.8. The number of unbranched alkanes of at least 4 members (excludes halogenated alkanes) is 5. The summed E-state index contributed by atoms with van der Waals surface area (Å²) in [5.41, 5.74) is 0. The van der Waals surface area contributed by atoms with Gasteiger partial charge in [0.05, 0.1) is 0 Å². The van der Waals surface area contributed by atoms with Gasteiger partial charge in [0.15, 0.2) is 0 Å². The third-order valence-electron chi connectivity index (χ3n) is 7.35. The molecule has 0 aliphatic heterocycles. The smallest absolute Gasteiger partial charge is 0.0386 e. The molecule has 0 N–H and O–H groups in total. The third-order valence-corrected chi connectivity index (χ3v) is 7.35. The van der Waals surface area contributed by atoms with Crippen LogP contribution in [0.3, 0.4) is 0 Å². The van der Waals surface area contributed by atoms with Crippen molar-refractivity contribution < 1.29 is 0 Å². The summed E-state index contributed by atoms with van der Waals surface area (Å²) in [5.74, 6) is 5.27. The molecule has 0 heterocycles. The lowest BCUT2D eigenvalue weighted by Crippen LogP contribution is -2.26. The van der Waals surface area contributed by atoms with E-state index in [0.29, 0.717) is 0 Å². The molecule has 0 radical (unpaired) electrons. The predicted octanol–water partition coefficient (Wildman–Crippen LogP) is 9.13. The van der Waals surface area contributed by atoms with Crippen LogP contribution in [0, 0.1) is 35.5 Å². The highest BCUT2D eigenvalue weighted by Gasteiger charge is 2.27. The molecule has 0 amide bonds. The lowest BCUT2D eigenvalue weighted by molar-refractivity contribution is 0.151. The third kappa shape index (κ3) is 11.3. The van der Waals surface area contributed by atoms with E-state index in [1.807, 2.05) is 0 Å². The van der Waals surface area contributed by atoms with Crippen molar-refractivity contribution in [3.8, 4) is 0 Å². The standard InChI is InChI=1S/C25H52/c1-9-11-12-13-14-18-25(19-16-15-17-21(5)10-2)24(8)23(7)22(6)20(3)4/h20-25H,9-19H2,1-8H3. The lowest BCUT2D eigenvalue weighted by atomic mass is 9.71. The molecule has 0 aromatic carbocycles. The van der Waals surface area contributed by atoms with Crippen molar-refractivity contribution in [2.45, 2.75) is 126 Å². The van der Waals surface area contributed by atoms with Crippen molar-refractivity contribution in [1.82, 2.24) is 0 Å². The maximum absolute atomic E-state index is 2.56. The Hall–Kier alpha value is 0. The molecule has 0 bridgehead atoms. The largest absolute Gasteiger partial charge is 0.0654 e. The summed E-state index contributed by atoms with van der Waals surface area (Å²) >= 11 is 0. The summed E-state index contributed by atoms with van der Waals surface area (Å²) in [6.07, 6.45) is 15.8. The van der Waals surface area contributed by atoms with Crippen LogP contribution in [0.1, 0.15) is 126 Å². The van der Waals surface area contributed by atoms with Crippen LogP contribution in [0.2, 0.25) is 0 Å². The molecular formula is C25H52. The van der Waals surface area contributed by atoms with Crippen molar-refractivity contribution >= 4 is 0 Å². The van der Waals surface area contributed by atoms with Crippen molar-refractivity contribution in [3.05, 3.63) is 0 Å². The van der Waals surface area contributed by atoms with E-state index in [9.17, 15) is 0 Å². The zero-order chi connectivity index (χ0) is 19.2. The molecule has 0 aliphatic rings. The van der Waals surface area contributed by atoms with Crippen LogP contribution < -0.4 is 0 Å². The fourth-order valence-corrected chi connectivity index (χ4v) is 4.30. The second kappa shape index (κ2) is 15.1. The second-order valence-corrected chi connectivity index (χ2v) is 9.58. The minimum Gasteiger partial charge on any atom is -0.0654 e. The fraction of sp³-hybridized carbons (Fsp3) is 1.00. The van der Waals surface area contributed by atoms with Gasteiger partial charge in [0.2, 0.25) is 0 Å². The van der Waals surface area contributed by atoms with Crippen molar-refractivity contribution in [2.75, 3.05) is 0 Å². The Bertz CT molecular complexity index is 280. The average molecular weight is 353 g/mol. The first-order valence-corrected chi connectivity index (χ1v) is 11.8. The lowest BCUT2D eigenvalue weighted by Gasteiger charge is -2.34. The molecule has 0 fully saturated rings. The molecule has 25 heavy (non-hydrogen) atoms. The molecule has 0 spiro atoms. The summed E-state index contributed by atoms with van der Waals surface area (Å²) in [7, 11) is 0. The van der Waals surface area contributed by atoms with Crippen LogP contribution in [0.5, 0.6) is 0 Å². The number of hydrogen-bond acceptors (Lipinski definition) is 0. The predicted molar refractivity (Wildman–Crippen MR) is 117 cm³/mol. The Balaban J connectivity index is 4.48. The van der Waals surface area contributed by atoms with E-state index in [4.69, 9.17) is 0 Å². The normalized spacial score (nSPS) is 18.1. The molecule has 152 valence electrons. The molecule has 0 saturated heterocycles. The van der Waals surface area contributed by atoms with E-state index < -0.39 is 0 Å². The summed E-state index contributed by atoms with van der Waals surface area (Å²) in [6.45, 7) is 19.4. The van der Waals surface area contributed by atoms with E-state index in [-0.39, 0.29) is 0 Å². The summed E-state index contributed by atoms with van der Waals surface area (Å²) in [4.78, 5) is 0. The highest BCUT2D eigenvalue weighted by atomic mass is 14.3. The van der Waals surface area contributed by atoms with E-state index >= 15 is 0 Å². The van der Waals surface area contributed by atoms with Gasteiger partial charge in [-0.15, -0.1) is 0 Å². The monoisotopic (exact) mass is 352 g/mol. The van der Waals surface area contributed by atoms with Gasteiger partial charge in [-0.2, -0.15) is 0 Å². The van der Waals surface area contributed by atoms with E-state index in [2.05, 4.69) is 55.4 Å². The minimum absolute atomic E-state index is 0.813. The Labute approximate surface area is 161 Å². The fourth-order valence-electron chi connectivity index (χ4n) is 4.30. The van der Waals surface area contributed by atoms with Crippen LogP contribution in [0.25, 0.3) is 0 Å². The summed E-state index contributed by atoms with van der Waals surface area (Å²) in [5, 5.41) is 0. The first kappa shape index (κ1) is 25.0. The maximum atomic E-state index is 2.56. The molecule has 0 aromatic rings. The van der Waals surface area contributed by atoms with Crippen LogP contribution in [0.15, 0.2) is 0 Å². The van der Waals surface area contributed by atoms with Crippen molar-refractivity contribution in [3.63, 3.8) is 0 Å². The number of rotatable bonds is 16. The highest BCUT2D eigenvalue weighted by Crippen LogP contribution is 2.36. The summed E-state index contributed by atoms with van der Waals surface area (Å²) < 4.78 is 0. The molecule has 0 heteroatoms. The maximum Gasteiger partial charge on any atom is -0.0386 e. The molecule has 0 nitrogen and oxygen atoms in total. The molecule has 0 aliphatic carbocycles. The highest BCUT2D eigenvalue weighted by molar-refractivity contribution is 4.77. The van der Waals surface area contributed by atoms with Gasteiger partial charge in [-0.1, -0.05) is 126 Å². The molecule has 5 unspecified atom stereocenters. The zero-order valence-corrected chi connectivity index (χ0v) is 19.2. The van der Waals surface area contributed by atoms with Gasteiger partial charge in [-0.05, 0) is 35.5 Å². The second-order valence-electron chi connectivity index (χ2n) is 9.58. The molecule has 0 rings (SSSR count). The Kier molecular flexibility index (Phi) is 15.1. The van der Waals surface area contributed by atoms with E-state index in [1.165, 1.54) is 70.6 Å². The van der Waals surface area contributed by atoms with Crippen molar-refractivity contribution in [1.29, 1.82) is 0 Å². The van der Waals surface area contributed by atoms with Gasteiger partial charge in [0.1, 0.15) is 0 Å². The zero-order valence-electron chi connectivity index (χ0n) is 19.2. The molecule has 0 aromatic heterocycles. The quantitative estimate of drug-likeness (QED) is 0.243. The van der Waals surface area contributed by atoms with Gasteiger partial charge in [-0.3, -0.25) is 0 Å².